The third kappa shape index (κ3) is 10.3. The number of carboxylic acid groups (broad SMARTS) is 1. The molecule has 3 atom stereocenters. The number of rotatable bonds is 18. The Labute approximate surface area is 226 Å². The van der Waals surface area contributed by atoms with Crippen molar-refractivity contribution in [1.29, 1.82) is 0 Å². The minimum atomic E-state index is -2.01. The van der Waals surface area contributed by atoms with Crippen molar-refractivity contribution in [3.63, 3.8) is 0 Å². The zero-order chi connectivity index (χ0) is 26.8. The van der Waals surface area contributed by atoms with Crippen molar-refractivity contribution < 1.29 is 28.6 Å². The molecule has 6 nitrogen and oxygen atoms in total. The largest absolute Gasteiger partial charge is 0.480 e. The van der Waals surface area contributed by atoms with E-state index in [0.717, 1.165) is 19.3 Å². The van der Waals surface area contributed by atoms with E-state index in [1.165, 1.54) is 18.9 Å². The average Bonchev–Trinajstić information content (AvgIpc) is 2.74. The molecule has 0 fully saturated rings. The normalized spacial score (nSPS) is 16.6. The standard InChI is InChI=1S/C24H48Br2O6Si2/c1-10-12-18-33(6,7)24(5,11-2)32-34(8,9)23(3,4)14-13-15-30-16-17-31-22(29)20(26)19(25)21(27)28/h19-20H,10-18H2,1-9H3,(H,27,28). The minimum Gasteiger partial charge on any atom is -0.480 e. The van der Waals surface area contributed by atoms with Crippen LogP contribution in [0, 0.1) is 0 Å². The van der Waals surface area contributed by atoms with Crippen molar-refractivity contribution >= 4 is 60.2 Å². The molecule has 0 aliphatic heterocycles. The summed E-state index contributed by atoms with van der Waals surface area (Å²) >= 11 is 5.99. The number of carboxylic acids is 1. The fourth-order valence-corrected chi connectivity index (χ4v) is 11.3. The molecule has 10 heteroatoms. The van der Waals surface area contributed by atoms with Gasteiger partial charge in [0.05, 0.1) is 14.7 Å². The van der Waals surface area contributed by atoms with Gasteiger partial charge < -0.3 is 19.0 Å². The predicted octanol–water partition coefficient (Wildman–Crippen LogP) is 7.16. The monoisotopic (exact) mass is 646 g/mol. The number of hydrogen-bond donors (Lipinski definition) is 1. The van der Waals surface area contributed by atoms with Gasteiger partial charge in [-0.1, -0.05) is 91.5 Å². The zero-order valence-corrected chi connectivity index (χ0v) is 27.9. The first kappa shape index (κ1) is 34.3. The van der Waals surface area contributed by atoms with E-state index >= 15 is 0 Å². The summed E-state index contributed by atoms with van der Waals surface area (Å²) in [6, 6.07) is 1.31. The molecule has 34 heavy (non-hydrogen) atoms. The lowest BCUT2D eigenvalue weighted by atomic mass is 10.1. The van der Waals surface area contributed by atoms with Crippen molar-refractivity contribution in [2.75, 3.05) is 19.8 Å². The molecule has 0 aliphatic rings. The Bertz CT molecular complexity index is 645. The van der Waals surface area contributed by atoms with Crippen LogP contribution in [-0.4, -0.2) is 68.1 Å². The third-order valence-electron chi connectivity index (χ3n) is 7.65. The highest BCUT2D eigenvalue weighted by atomic mass is 79.9. The lowest BCUT2D eigenvalue weighted by Crippen LogP contribution is -2.60. The van der Waals surface area contributed by atoms with Gasteiger partial charge in [0.15, 0.2) is 8.32 Å². The number of carbonyl (C=O) groups excluding carboxylic acids is 1. The molecule has 0 heterocycles. The molecule has 0 saturated heterocycles. The zero-order valence-electron chi connectivity index (χ0n) is 22.8. The maximum atomic E-state index is 11.9. The number of unbranched alkanes of at least 4 members (excludes halogenated alkanes) is 1. The van der Waals surface area contributed by atoms with Gasteiger partial charge in [-0.15, -0.1) is 0 Å². The van der Waals surface area contributed by atoms with Gasteiger partial charge in [-0.05, 0) is 44.3 Å². The highest BCUT2D eigenvalue weighted by Crippen LogP contribution is 2.46. The molecule has 0 radical (unpaired) electrons. The Morgan fingerprint density at radius 2 is 1.53 bits per heavy atom. The molecule has 1 N–H and O–H groups in total. The second-order valence-corrected chi connectivity index (χ2v) is 23.0. The van der Waals surface area contributed by atoms with Crippen LogP contribution in [-0.2, 0) is 23.5 Å². The number of hydrogen-bond acceptors (Lipinski definition) is 5. The van der Waals surface area contributed by atoms with E-state index in [1.54, 1.807) is 0 Å². The van der Waals surface area contributed by atoms with Gasteiger partial charge in [-0.3, -0.25) is 9.59 Å². The van der Waals surface area contributed by atoms with Crippen molar-refractivity contribution in [1.82, 2.24) is 0 Å². The fraction of sp³-hybridized carbons (Fsp3) is 0.917. The molecule has 202 valence electrons. The molecule has 0 rings (SSSR count). The van der Waals surface area contributed by atoms with Gasteiger partial charge in [-0.25, -0.2) is 0 Å². The SMILES string of the molecule is CCCC[Si](C)(C)C(C)(CC)O[Si](C)(C)C(C)(C)CCCOCCOC(=O)C(Br)C(Br)C(=O)O. The van der Waals surface area contributed by atoms with E-state index in [2.05, 4.69) is 92.7 Å². The number of halogens is 2. The number of ether oxygens (including phenoxy) is 2. The molecule has 0 aliphatic carbocycles. The van der Waals surface area contributed by atoms with Crippen molar-refractivity contribution in [3.8, 4) is 0 Å². The quantitative estimate of drug-likeness (QED) is 0.0736. The molecule has 0 amide bonds. The second-order valence-electron chi connectivity index (χ2n) is 11.1. The molecular formula is C24H48Br2O6Si2. The van der Waals surface area contributed by atoms with Crippen LogP contribution in [0.4, 0.5) is 0 Å². The summed E-state index contributed by atoms with van der Waals surface area (Å²) in [5.41, 5.74) is 0. The van der Waals surface area contributed by atoms with E-state index in [-0.39, 0.29) is 23.5 Å². The molecule has 0 aromatic heterocycles. The van der Waals surface area contributed by atoms with Crippen molar-refractivity contribution in [2.24, 2.45) is 0 Å². The van der Waals surface area contributed by atoms with Crippen LogP contribution in [0.5, 0.6) is 0 Å². The Morgan fingerprint density at radius 3 is 2.03 bits per heavy atom. The summed E-state index contributed by atoms with van der Waals surface area (Å²) in [7, 11) is -3.55. The summed E-state index contributed by atoms with van der Waals surface area (Å²) in [4.78, 5) is 20.8. The van der Waals surface area contributed by atoms with Crippen LogP contribution < -0.4 is 0 Å². The Kier molecular flexibility index (Phi) is 15.0. The van der Waals surface area contributed by atoms with E-state index in [0.29, 0.717) is 6.61 Å². The van der Waals surface area contributed by atoms with Crippen LogP contribution in [0.15, 0.2) is 0 Å². The van der Waals surface area contributed by atoms with Crippen molar-refractivity contribution in [3.05, 3.63) is 0 Å². The second kappa shape index (κ2) is 14.9. The maximum Gasteiger partial charge on any atom is 0.321 e. The first-order valence-corrected chi connectivity index (χ1v) is 20.4. The highest BCUT2D eigenvalue weighted by molar-refractivity contribution is 9.12. The van der Waals surface area contributed by atoms with Gasteiger partial charge in [0.1, 0.15) is 16.3 Å². The summed E-state index contributed by atoms with van der Waals surface area (Å²) in [6.07, 6.45) is 5.49. The van der Waals surface area contributed by atoms with Gasteiger partial charge in [0.25, 0.3) is 0 Å². The number of esters is 1. The molecule has 0 aromatic rings. The van der Waals surface area contributed by atoms with Crippen molar-refractivity contribution in [2.45, 2.75) is 119 Å². The molecule has 0 aromatic carbocycles. The predicted molar refractivity (Wildman–Crippen MR) is 153 cm³/mol. The van der Waals surface area contributed by atoms with Gasteiger partial charge in [-0.2, -0.15) is 0 Å². The Morgan fingerprint density at radius 1 is 0.941 bits per heavy atom. The topological polar surface area (TPSA) is 82.1 Å². The smallest absolute Gasteiger partial charge is 0.321 e. The lowest BCUT2D eigenvalue weighted by molar-refractivity contribution is -0.147. The highest BCUT2D eigenvalue weighted by Gasteiger charge is 2.50. The fourth-order valence-electron chi connectivity index (χ4n) is 3.82. The average molecular weight is 649 g/mol. The van der Waals surface area contributed by atoms with E-state index in [9.17, 15) is 9.59 Å². The molecule has 0 spiro atoms. The maximum absolute atomic E-state index is 11.9. The lowest BCUT2D eigenvalue weighted by Gasteiger charge is -2.51. The van der Waals surface area contributed by atoms with Crippen LogP contribution in [0.3, 0.4) is 0 Å². The van der Waals surface area contributed by atoms with Gasteiger partial charge in [0, 0.05) is 11.8 Å². The van der Waals surface area contributed by atoms with E-state index in [4.69, 9.17) is 19.0 Å². The first-order chi connectivity index (χ1) is 15.5. The molecular weight excluding hydrogens is 600 g/mol. The third-order valence-corrected chi connectivity index (χ3v) is 19.8. The summed E-state index contributed by atoms with van der Waals surface area (Å²) in [6.45, 7) is 22.2. The number of carbonyl (C=O) groups is 2. The van der Waals surface area contributed by atoms with E-state index < -0.39 is 38.0 Å². The van der Waals surface area contributed by atoms with Gasteiger partial charge in [0.2, 0.25) is 0 Å². The van der Waals surface area contributed by atoms with Crippen LogP contribution >= 0.6 is 31.9 Å². The Hall–Kier alpha value is 0.254. The molecule has 0 bridgehead atoms. The van der Waals surface area contributed by atoms with Gasteiger partial charge >= 0.3 is 11.9 Å². The summed E-state index contributed by atoms with van der Waals surface area (Å²) < 4.78 is 17.9. The first-order valence-electron chi connectivity index (χ1n) is 12.4. The molecule has 0 saturated carbocycles. The summed E-state index contributed by atoms with van der Waals surface area (Å²) in [5, 5.41) is 9.01. The Balaban J connectivity index is 4.63. The number of alkyl halides is 2. The van der Waals surface area contributed by atoms with Crippen LogP contribution in [0.25, 0.3) is 0 Å². The van der Waals surface area contributed by atoms with Crippen LogP contribution in [0.2, 0.25) is 37.3 Å². The van der Waals surface area contributed by atoms with Crippen LogP contribution in [0.1, 0.15) is 66.7 Å². The minimum absolute atomic E-state index is 0.0163. The molecule has 3 unspecified atom stereocenters. The summed E-state index contributed by atoms with van der Waals surface area (Å²) in [5.74, 6) is -1.75. The van der Waals surface area contributed by atoms with E-state index in [1.807, 2.05) is 0 Å². The number of aliphatic carboxylic acids is 1.